The second-order valence-electron chi connectivity index (χ2n) is 7.08. The van der Waals surface area contributed by atoms with Gasteiger partial charge in [-0.25, -0.2) is 4.79 Å². The number of hydrogen-bond acceptors (Lipinski definition) is 7. The van der Waals surface area contributed by atoms with Gasteiger partial charge >= 0.3 is 5.97 Å². The fourth-order valence-corrected chi connectivity index (χ4v) is 2.92. The van der Waals surface area contributed by atoms with E-state index >= 15 is 0 Å². The number of amides is 2. The first-order valence-electron chi connectivity index (χ1n) is 9.77. The molecule has 2 N–H and O–H groups in total. The summed E-state index contributed by atoms with van der Waals surface area (Å²) < 4.78 is 10.4. The number of hydrogen-bond donors (Lipinski definition) is 2. The maximum absolute atomic E-state index is 12.8. The number of esters is 1. The van der Waals surface area contributed by atoms with Crippen molar-refractivity contribution < 1.29 is 23.9 Å². The minimum Gasteiger partial charge on any atom is -0.497 e. The molecule has 3 rings (SSSR count). The van der Waals surface area contributed by atoms with Gasteiger partial charge in [0.2, 0.25) is 0 Å². The van der Waals surface area contributed by atoms with Crippen molar-refractivity contribution in [1.82, 2.24) is 15.2 Å². The van der Waals surface area contributed by atoms with Crippen LogP contribution in [-0.2, 0) is 9.53 Å². The van der Waals surface area contributed by atoms with Gasteiger partial charge < -0.3 is 25.0 Å². The van der Waals surface area contributed by atoms with Crippen LogP contribution in [0.5, 0.6) is 5.75 Å². The van der Waals surface area contributed by atoms with Crippen molar-refractivity contribution in [2.75, 3.05) is 40.2 Å². The van der Waals surface area contributed by atoms with Gasteiger partial charge in [0.05, 0.1) is 18.3 Å². The number of carbonyl (C=O) groups is 3. The molecule has 0 aliphatic heterocycles. The smallest absolute Gasteiger partial charge is 0.342 e. The molecule has 2 aromatic carbocycles. The zero-order valence-electron chi connectivity index (χ0n) is 18.3. The molecule has 0 aliphatic carbocycles. The highest BCUT2D eigenvalue weighted by Crippen LogP contribution is 2.31. The molecule has 1 heterocycles. The quantitative estimate of drug-likeness (QED) is 0.548. The Kier molecular flexibility index (Phi) is 6.89. The molecule has 0 fully saturated rings. The van der Waals surface area contributed by atoms with E-state index in [2.05, 4.69) is 15.6 Å². The number of likely N-dealkylation sites (N-methyl/N-ethyl adjacent to an activating group) is 1. The molecule has 0 saturated carbocycles. The summed E-state index contributed by atoms with van der Waals surface area (Å²) in [5.41, 5.74) is 2.21. The van der Waals surface area contributed by atoms with Gasteiger partial charge in [-0.05, 0) is 42.5 Å². The van der Waals surface area contributed by atoms with E-state index in [-0.39, 0.29) is 17.4 Å². The van der Waals surface area contributed by atoms with Gasteiger partial charge in [0.1, 0.15) is 11.3 Å². The first-order chi connectivity index (χ1) is 15.3. The molecule has 3 aromatic rings. The number of rotatable bonds is 7. The second kappa shape index (κ2) is 9.78. The van der Waals surface area contributed by atoms with Crippen LogP contribution < -0.4 is 15.4 Å². The van der Waals surface area contributed by atoms with Gasteiger partial charge in [-0.1, -0.05) is 0 Å². The number of fused-ring (bicyclic) bond motifs is 1. The summed E-state index contributed by atoms with van der Waals surface area (Å²) >= 11 is 0. The highest BCUT2D eigenvalue weighted by atomic mass is 16.5. The van der Waals surface area contributed by atoms with Crippen molar-refractivity contribution in [3.63, 3.8) is 0 Å². The van der Waals surface area contributed by atoms with E-state index in [1.54, 1.807) is 63.7 Å². The number of anilines is 2. The molecule has 0 radical (unpaired) electrons. The molecule has 9 heteroatoms. The fourth-order valence-electron chi connectivity index (χ4n) is 2.92. The number of pyridine rings is 1. The number of nitrogens with one attached hydrogen (secondary N) is 2. The highest BCUT2D eigenvalue weighted by Gasteiger charge is 2.20. The van der Waals surface area contributed by atoms with Gasteiger partial charge in [0, 0.05) is 44.0 Å². The molecule has 166 valence electrons. The van der Waals surface area contributed by atoms with E-state index in [0.29, 0.717) is 33.6 Å². The van der Waals surface area contributed by atoms with Crippen molar-refractivity contribution in [3.8, 4) is 5.75 Å². The normalized spacial score (nSPS) is 10.4. The third-order valence-electron chi connectivity index (χ3n) is 4.76. The van der Waals surface area contributed by atoms with Crippen LogP contribution >= 0.6 is 0 Å². The molecule has 0 aliphatic rings. The van der Waals surface area contributed by atoms with Gasteiger partial charge in [-0.15, -0.1) is 0 Å². The molecule has 0 unspecified atom stereocenters. The molecular formula is C23H24N4O5. The topological polar surface area (TPSA) is 110 Å². The van der Waals surface area contributed by atoms with Crippen molar-refractivity contribution >= 4 is 40.1 Å². The molecule has 0 spiro atoms. The Morgan fingerprint density at radius 1 is 1.06 bits per heavy atom. The molecule has 0 bridgehead atoms. The van der Waals surface area contributed by atoms with Crippen LogP contribution in [0.15, 0.2) is 48.7 Å². The minimum absolute atomic E-state index is 0.133. The Morgan fingerprint density at radius 3 is 2.41 bits per heavy atom. The lowest BCUT2D eigenvalue weighted by Crippen LogP contribution is -2.27. The van der Waals surface area contributed by atoms with Crippen molar-refractivity contribution in [1.29, 1.82) is 0 Å². The van der Waals surface area contributed by atoms with E-state index in [0.717, 1.165) is 0 Å². The molecule has 32 heavy (non-hydrogen) atoms. The van der Waals surface area contributed by atoms with E-state index < -0.39 is 12.6 Å². The van der Waals surface area contributed by atoms with Crippen molar-refractivity contribution in [2.45, 2.75) is 0 Å². The van der Waals surface area contributed by atoms with Gasteiger partial charge in [0.25, 0.3) is 11.8 Å². The van der Waals surface area contributed by atoms with E-state index in [1.807, 2.05) is 0 Å². The third kappa shape index (κ3) is 4.94. The Morgan fingerprint density at radius 2 is 1.78 bits per heavy atom. The number of carbonyl (C=O) groups excluding carboxylic acids is 3. The summed E-state index contributed by atoms with van der Waals surface area (Å²) in [6.45, 7) is -0.399. The van der Waals surface area contributed by atoms with Crippen LogP contribution in [-0.4, -0.2) is 62.5 Å². The molecule has 2 amide bonds. The first kappa shape index (κ1) is 22.5. The van der Waals surface area contributed by atoms with Crippen LogP contribution in [0.4, 0.5) is 11.4 Å². The van der Waals surface area contributed by atoms with Crippen LogP contribution in [0.3, 0.4) is 0 Å². The number of nitrogens with zero attached hydrogens (tertiary/aromatic N) is 2. The van der Waals surface area contributed by atoms with Gasteiger partial charge in [-0.3, -0.25) is 14.6 Å². The van der Waals surface area contributed by atoms with Gasteiger partial charge in [-0.2, -0.15) is 0 Å². The van der Waals surface area contributed by atoms with Crippen LogP contribution in [0.25, 0.3) is 10.9 Å². The zero-order valence-corrected chi connectivity index (χ0v) is 18.3. The van der Waals surface area contributed by atoms with Crippen LogP contribution in [0.1, 0.15) is 20.7 Å². The fraction of sp³-hybridized carbons (Fsp3) is 0.217. The minimum atomic E-state index is -0.712. The lowest BCUT2D eigenvalue weighted by atomic mass is 10.1. The maximum atomic E-state index is 12.8. The number of ether oxygens (including phenoxy) is 2. The Hall–Kier alpha value is -4.14. The zero-order chi connectivity index (χ0) is 23.3. The summed E-state index contributed by atoms with van der Waals surface area (Å²) in [4.78, 5) is 42.5. The first-order valence-corrected chi connectivity index (χ1v) is 9.77. The number of benzene rings is 2. The van der Waals surface area contributed by atoms with Crippen molar-refractivity contribution in [2.24, 2.45) is 0 Å². The lowest BCUT2D eigenvalue weighted by Gasteiger charge is -2.16. The van der Waals surface area contributed by atoms with Crippen LogP contribution in [0.2, 0.25) is 0 Å². The Balaban J connectivity index is 2.07. The summed E-state index contributed by atoms with van der Waals surface area (Å²) in [5, 5.41) is 6.35. The third-order valence-corrected chi connectivity index (χ3v) is 4.76. The number of aromatic nitrogens is 1. The summed E-state index contributed by atoms with van der Waals surface area (Å²) in [6, 6.07) is 12.1. The Bertz CT molecular complexity index is 1160. The molecule has 1 aromatic heterocycles. The molecule has 0 saturated heterocycles. The summed E-state index contributed by atoms with van der Waals surface area (Å²) in [7, 11) is 6.26. The summed E-state index contributed by atoms with van der Waals surface area (Å²) in [6.07, 6.45) is 1.39. The van der Waals surface area contributed by atoms with E-state index in [1.165, 1.54) is 18.1 Å². The van der Waals surface area contributed by atoms with Crippen LogP contribution in [0, 0.1) is 0 Å². The number of methoxy groups -OCH3 is 1. The second-order valence-corrected chi connectivity index (χ2v) is 7.08. The maximum Gasteiger partial charge on any atom is 0.342 e. The average molecular weight is 436 g/mol. The predicted octanol–water partition coefficient (Wildman–Crippen LogP) is 2.59. The predicted molar refractivity (Wildman–Crippen MR) is 120 cm³/mol. The summed E-state index contributed by atoms with van der Waals surface area (Å²) in [5.74, 6) is -0.652. The SMILES string of the molecule is CNC(=O)c1ccc2ncc(C(=O)OCC(=O)N(C)C)c(Nc3ccc(OC)cc3)c2c1. The van der Waals surface area contributed by atoms with Gasteiger partial charge in [0.15, 0.2) is 6.61 Å². The molecular weight excluding hydrogens is 412 g/mol. The standard InChI is InChI=1S/C23H24N4O5/c1-24-22(29)14-5-10-19-17(11-14)21(26-15-6-8-16(31-4)9-7-15)18(12-25-19)23(30)32-13-20(28)27(2)3/h5-12H,13H2,1-4H3,(H,24,29)(H,25,26). The average Bonchev–Trinajstić information content (AvgIpc) is 2.81. The lowest BCUT2D eigenvalue weighted by molar-refractivity contribution is -0.131. The molecule has 0 atom stereocenters. The molecule has 9 nitrogen and oxygen atoms in total. The largest absolute Gasteiger partial charge is 0.497 e. The van der Waals surface area contributed by atoms with Crippen molar-refractivity contribution in [3.05, 3.63) is 59.8 Å². The monoisotopic (exact) mass is 436 g/mol. The Labute approximate surface area is 185 Å². The highest BCUT2D eigenvalue weighted by molar-refractivity contribution is 6.08. The van der Waals surface area contributed by atoms with E-state index in [4.69, 9.17) is 9.47 Å². The van der Waals surface area contributed by atoms with E-state index in [9.17, 15) is 14.4 Å².